The fourth-order valence-electron chi connectivity index (χ4n) is 1.55. The van der Waals surface area contributed by atoms with Gasteiger partial charge in [-0.2, -0.15) is 0 Å². The number of nitrogens with zero attached hydrogens (tertiary/aromatic N) is 2. The van der Waals surface area contributed by atoms with Crippen LogP contribution in [0.1, 0.15) is 11.1 Å². The molecule has 3 nitrogen and oxygen atoms in total. The third kappa shape index (κ3) is 2.18. The first-order valence-corrected chi connectivity index (χ1v) is 4.89. The number of aryl methyl sites for hydroxylation is 1. The summed E-state index contributed by atoms with van der Waals surface area (Å²) in [5.74, 6) is 0.905. The zero-order valence-electron chi connectivity index (χ0n) is 8.97. The standard InChI is InChI=1S/C12H14N2O/c1-10-7-12(15-2)4-3-11(10)8-14-6-5-13-9-14/h3-7,9H,8H2,1-2H3. The van der Waals surface area contributed by atoms with Crippen LogP contribution in [-0.4, -0.2) is 16.7 Å². The van der Waals surface area contributed by atoms with Gasteiger partial charge in [0.2, 0.25) is 0 Å². The molecule has 78 valence electrons. The number of rotatable bonds is 3. The smallest absolute Gasteiger partial charge is 0.119 e. The highest BCUT2D eigenvalue weighted by Crippen LogP contribution is 2.17. The van der Waals surface area contributed by atoms with E-state index < -0.39 is 0 Å². The number of methoxy groups -OCH3 is 1. The average Bonchev–Trinajstić information content (AvgIpc) is 2.74. The van der Waals surface area contributed by atoms with Gasteiger partial charge < -0.3 is 9.30 Å². The lowest BCUT2D eigenvalue weighted by Gasteiger charge is -2.08. The van der Waals surface area contributed by atoms with Crippen molar-refractivity contribution in [3.05, 3.63) is 48.0 Å². The number of imidazole rings is 1. The molecule has 0 atom stereocenters. The maximum absolute atomic E-state index is 5.17. The van der Waals surface area contributed by atoms with Crippen LogP contribution < -0.4 is 4.74 Å². The van der Waals surface area contributed by atoms with Crippen molar-refractivity contribution in [2.45, 2.75) is 13.5 Å². The minimum atomic E-state index is 0.857. The minimum Gasteiger partial charge on any atom is -0.497 e. The molecule has 15 heavy (non-hydrogen) atoms. The van der Waals surface area contributed by atoms with Crippen molar-refractivity contribution in [2.75, 3.05) is 7.11 Å². The maximum Gasteiger partial charge on any atom is 0.119 e. The Bertz CT molecular complexity index is 435. The van der Waals surface area contributed by atoms with Gasteiger partial charge >= 0.3 is 0 Å². The first kappa shape index (κ1) is 9.77. The maximum atomic E-state index is 5.17. The highest BCUT2D eigenvalue weighted by molar-refractivity contribution is 5.34. The molecule has 3 heteroatoms. The van der Waals surface area contributed by atoms with Gasteiger partial charge in [-0.3, -0.25) is 0 Å². The van der Waals surface area contributed by atoms with E-state index >= 15 is 0 Å². The summed E-state index contributed by atoms with van der Waals surface area (Å²) < 4.78 is 7.22. The molecule has 0 saturated heterocycles. The Balaban J connectivity index is 2.22. The predicted molar refractivity (Wildman–Crippen MR) is 59.1 cm³/mol. The van der Waals surface area contributed by atoms with Crippen molar-refractivity contribution in [2.24, 2.45) is 0 Å². The van der Waals surface area contributed by atoms with Gasteiger partial charge in [-0.1, -0.05) is 6.07 Å². The van der Waals surface area contributed by atoms with Gasteiger partial charge in [-0.15, -0.1) is 0 Å². The van der Waals surface area contributed by atoms with Crippen molar-refractivity contribution < 1.29 is 4.74 Å². The Morgan fingerprint density at radius 1 is 1.40 bits per heavy atom. The van der Waals surface area contributed by atoms with Crippen LogP contribution in [0.5, 0.6) is 5.75 Å². The third-order valence-electron chi connectivity index (χ3n) is 2.46. The summed E-state index contributed by atoms with van der Waals surface area (Å²) >= 11 is 0. The van der Waals surface area contributed by atoms with Crippen LogP contribution >= 0.6 is 0 Å². The first-order valence-electron chi connectivity index (χ1n) is 4.89. The topological polar surface area (TPSA) is 27.1 Å². The summed E-state index contributed by atoms with van der Waals surface area (Å²) in [7, 11) is 1.68. The second kappa shape index (κ2) is 4.17. The molecule has 1 heterocycles. The zero-order chi connectivity index (χ0) is 10.7. The molecule has 1 aromatic carbocycles. The van der Waals surface area contributed by atoms with Crippen molar-refractivity contribution in [3.8, 4) is 5.75 Å². The Kier molecular flexibility index (Phi) is 2.72. The van der Waals surface area contributed by atoms with Crippen LogP contribution in [0.25, 0.3) is 0 Å². The molecule has 0 radical (unpaired) electrons. The molecule has 0 fully saturated rings. The minimum absolute atomic E-state index is 0.857. The van der Waals surface area contributed by atoms with Crippen LogP contribution in [0.2, 0.25) is 0 Å². The van der Waals surface area contributed by atoms with E-state index in [2.05, 4.69) is 22.5 Å². The van der Waals surface area contributed by atoms with Crippen LogP contribution in [0.4, 0.5) is 0 Å². The molecule has 0 aliphatic rings. The summed E-state index contributed by atoms with van der Waals surface area (Å²) in [4.78, 5) is 4.02. The fourth-order valence-corrected chi connectivity index (χ4v) is 1.55. The van der Waals surface area contributed by atoms with Gasteiger partial charge in [0.15, 0.2) is 0 Å². The Labute approximate surface area is 89.3 Å². The second-order valence-electron chi connectivity index (χ2n) is 3.53. The molecule has 0 aliphatic carbocycles. The molecule has 0 bridgehead atoms. The van der Waals surface area contributed by atoms with E-state index in [1.807, 2.05) is 24.7 Å². The van der Waals surface area contributed by atoms with Crippen molar-refractivity contribution in [1.82, 2.24) is 9.55 Å². The van der Waals surface area contributed by atoms with Gasteiger partial charge in [0.1, 0.15) is 5.75 Å². The van der Waals surface area contributed by atoms with Crippen molar-refractivity contribution in [1.29, 1.82) is 0 Å². The van der Waals surface area contributed by atoms with Gasteiger partial charge in [0, 0.05) is 18.9 Å². The second-order valence-corrected chi connectivity index (χ2v) is 3.53. The summed E-state index contributed by atoms with van der Waals surface area (Å²) in [6, 6.07) is 6.12. The van der Waals surface area contributed by atoms with Crippen molar-refractivity contribution in [3.63, 3.8) is 0 Å². The first-order chi connectivity index (χ1) is 7.29. The number of hydrogen-bond donors (Lipinski definition) is 0. The van der Waals surface area contributed by atoms with E-state index in [1.165, 1.54) is 11.1 Å². The average molecular weight is 202 g/mol. The van der Waals surface area contributed by atoms with Gasteiger partial charge in [0.25, 0.3) is 0 Å². The number of aromatic nitrogens is 2. The lowest BCUT2D eigenvalue weighted by molar-refractivity contribution is 0.414. The Morgan fingerprint density at radius 3 is 2.87 bits per heavy atom. The largest absolute Gasteiger partial charge is 0.497 e. The molecule has 1 aromatic heterocycles. The molecule has 0 amide bonds. The fraction of sp³-hybridized carbons (Fsp3) is 0.250. The third-order valence-corrected chi connectivity index (χ3v) is 2.46. The summed E-state index contributed by atoms with van der Waals surface area (Å²) in [6.07, 6.45) is 5.58. The molecular weight excluding hydrogens is 188 g/mol. The van der Waals surface area contributed by atoms with E-state index in [4.69, 9.17) is 4.74 Å². The monoisotopic (exact) mass is 202 g/mol. The lowest BCUT2D eigenvalue weighted by Crippen LogP contribution is -1.99. The summed E-state index contributed by atoms with van der Waals surface area (Å²) in [6.45, 7) is 2.95. The summed E-state index contributed by atoms with van der Waals surface area (Å²) in [5, 5.41) is 0. The van der Waals surface area contributed by atoms with Crippen LogP contribution in [0, 0.1) is 6.92 Å². The van der Waals surface area contributed by atoms with E-state index in [0.717, 1.165) is 12.3 Å². The SMILES string of the molecule is COc1ccc(Cn2ccnc2)c(C)c1. The van der Waals surface area contributed by atoms with Gasteiger partial charge in [0.05, 0.1) is 13.4 Å². The quantitative estimate of drug-likeness (QED) is 0.763. The predicted octanol–water partition coefficient (Wildman–Crippen LogP) is 2.25. The van der Waals surface area contributed by atoms with E-state index in [9.17, 15) is 0 Å². The summed E-state index contributed by atoms with van der Waals surface area (Å²) in [5.41, 5.74) is 2.52. The van der Waals surface area contributed by atoms with E-state index in [-0.39, 0.29) is 0 Å². The number of benzene rings is 1. The highest BCUT2D eigenvalue weighted by Gasteiger charge is 2.00. The Morgan fingerprint density at radius 2 is 2.27 bits per heavy atom. The molecule has 0 N–H and O–H groups in total. The molecule has 0 unspecified atom stereocenters. The molecule has 2 aromatic rings. The van der Waals surface area contributed by atoms with Gasteiger partial charge in [-0.25, -0.2) is 4.98 Å². The number of ether oxygens (including phenoxy) is 1. The van der Waals surface area contributed by atoms with E-state index in [1.54, 1.807) is 13.3 Å². The normalized spacial score (nSPS) is 10.3. The van der Waals surface area contributed by atoms with Gasteiger partial charge in [-0.05, 0) is 30.2 Å². The van der Waals surface area contributed by atoms with Crippen molar-refractivity contribution >= 4 is 0 Å². The lowest BCUT2D eigenvalue weighted by atomic mass is 10.1. The molecule has 2 rings (SSSR count). The molecule has 0 aliphatic heterocycles. The van der Waals surface area contributed by atoms with E-state index in [0.29, 0.717) is 0 Å². The van der Waals surface area contributed by atoms with Crippen LogP contribution in [0.3, 0.4) is 0 Å². The molecule has 0 saturated carbocycles. The molecular formula is C12H14N2O. The van der Waals surface area contributed by atoms with Crippen LogP contribution in [-0.2, 0) is 6.54 Å². The van der Waals surface area contributed by atoms with Crippen LogP contribution in [0.15, 0.2) is 36.9 Å². The number of hydrogen-bond acceptors (Lipinski definition) is 2. The highest BCUT2D eigenvalue weighted by atomic mass is 16.5. The molecule has 0 spiro atoms. The Hall–Kier alpha value is -1.77. The zero-order valence-corrected chi connectivity index (χ0v) is 8.97.